The summed E-state index contributed by atoms with van der Waals surface area (Å²) in [5.74, 6) is 1.72. The highest BCUT2D eigenvalue weighted by Crippen LogP contribution is 2.60. The highest BCUT2D eigenvalue weighted by atomic mass is 35.5. The van der Waals surface area contributed by atoms with Crippen LogP contribution in [-0.2, 0) is 4.79 Å². The van der Waals surface area contributed by atoms with Crippen LogP contribution in [0.3, 0.4) is 0 Å². The summed E-state index contributed by atoms with van der Waals surface area (Å²) >= 11 is 6.02. The number of hydrazine groups is 1. The first-order valence-corrected chi connectivity index (χ1v) is 8.79. The molecule has 0 atom stereocenters. The molecule has 4 aliphatic rings. The maximum absolute atomic E-state index is 12.8. The molecular formula is C18H21ClN2O2. The topological polar surface area (TPSA) is 58.2 Å². The van der Waals surface area contributed by atoms with Crippen molar-refractivity contribution in [3.05, 3.63) is 34.9 Å². The zero-order valence-electron chi connectivity index (χ0n) is 13.0. The summed E-state index contributed by atoms with van der Waals surface area (Å²) in [6.45, 7) is 0. The summed E-state index contributed by atoms with van der Waals surface area (Å²) in [5.41, 5.74) is 5.32. The third-order valence-corrected chi connectivity index (χ3v) is 6.26. The van der Waals surface area contributed by atoms with Crippen LogP contribution in [0.15, 0.2) is 24.3 Å². The predicted octanol–water partition coefficient (Wildman–Crippen LogP) is 3.32. The Morgan fingerprint density at radius 2 is 1.52 bits per heavy atom. The molecule has 4 bridgehead atoms. The van der Waals surface area contributed by atoms with Gasteiger partial charge in [-0.25, -0.2) is 0 Å². The molecule has 4 aliphatic carbocycles. The van der Waals surface area contributed by atoms with Gasteiger partial charge in [-0.15, -0.1) is 0 Å². The Kier molecular flexibility index (Phi) is 3.60. The average molecular weight is 333 g/mol. The number of hydrogen-bond donors (Lipinski definition) is 2. The van der Waals surface area contributed by atoms with Crippen molar-refractivity contribution in [3.63, 3.8) is 0 Å². The lowest BCUT2D eigenvalue weighted by molar-refractivity contribution is -0.147. The highest BCUT2D eigenvalue weighted by molar-refractivity contribution is 6.33. The molecule has 4 fully saturated rings. The van der Waals surface area contributed by atoms with Gasteiger partial charge in [0.2, 0.25) is 5.91 Å². The second-order valence-electron chi connectivity index (χ2n) is 7.59. The van der Waals surface area contributed by atoms with E-state index in [2.05, 4.69) is 10.9 Å². The van der Waals surface area contributed by atoms with Crippen molar-refractivity contribution in [2.45, 2.75) is 38.5 Å². The van der Waals surface area contributed by atoms with Gasteiger partial charge in [0.1, 0.15) is 0 Å². The third kappa shape index (κ3) is 2.63. The summed E-state index contributed by atoms with van der Waals surface area (Å²) in [6.07, 6.45) is 6.81. The lowest BCUT2D eigenvalue weighted by Crippen LogP contribution is -2.56. The first-order valence-electron chi connectivity index (χ1n) is 8.41. The van der Waals surface area contributed by atoms with Gasteiger partial charge < -0.3 is 0 Å². The highest BCUT2D eigenvalue weighted by Gasteiger charge is 2.54. The Bertz CT molecular complexity index is 623. The molecule has 2 amide bonds. The quantitative estimate of drug-likeness (QED) is 0.816. The lowest BCUT2D eigenvalue weighted by atomic mass is 9.49. The predicted molar refractivity (Wildman–Crippen MR) is 87.7 cm³/mol. The molecule has 0 heterocycles. The number of benzene rings is 1. The van der Waals surface area contributed by atoms with Crippen LogP contribution in [-0.4, -0.2) is 11.8 Å². The van der Waals surface area contributed by atoms with Crippen molar-refractivity contribution in [2.75, 3.05) is 0 Å². The Morgan fingerprint density at radius 1 is 0.957 bits per heavy atom. The maximum Gasteiger partial charge on any atom is 0.271 e. The van der Waals surface area contributed by atoms with E-state index in [-0.39, 0.29) is 17.2 Å². The van der Waals surface area contributed by atoms with E-state index >= 15 is 0 Å². The lowest BCUT2D eigenvalue weighted by Gasteiger charge is -2.55. The van der Waals surface area contributed by atoms with Crippen LogP contribution in [0.1, 0.15) is 48.9 Å². The van der Waals surface area contributed by atoms with Gasteiger partial charge in [0.15, 0.2) is 0 Å². The number of halogens is 1. The van der Waals surface area contributed by atoms with E-state index in [1.807, 2.05) is 0 Å². The minimum Gasteiger partial charge on any atom is -0.273 e. The summed E-state index contributed by atoms with van der Waals surface area (Å²) in [5, 5.41) is 0.383. The summed E-state index contributed by atoms with van der Waals surface area (Å²) < 4.78 is 0. The van der Waals surface area contributed by atoms with Crippen LogP contribution in [0.4, 0.5) is 0 Å². The van der Waals surface area contributed by atoms with E-state index in [1.165, 1.54) is 19.3 Å². The van der Waals surface area contributed by atoms with E-state index < -0.39 is 0 Å². The van der Waals surface area contributed by atoms with Crippen molar-refractivity contribution >= 4 is 23.4 Å². The fourth-order valence-electron chi connectivity index (χ4n) is 5.35. The van der Waals surface area contributed by atoms with Gasteiger partial charge in [-0.3, -0.25) is 20.4 Å². The number of hydrogen-bond acceptors (Lipinski definition) is 2. The molecule has 2 N–H and O–H groups in total. The van der Waals surface area contributed by atoms with Gasteiger partial charge in [0.05, 0.1) is 16.0 Å². The van der Waals surface area contributed by atoms with Crippen molar-refractivity contribution in [2.24, 2.45) is 23.2 Å². The molecule has 5 heteroatoms. The number of carbonyl (C=O) groups is 2. The number of rotatable bonds is 2. The van der Waals surface area contributed by atoms with Crippen molar-refractivity contribution in [3.8, 4) is 0 Å². The first kappa shape index (κ1) is 15.0. The molecule has 0 spiro atoms. The second kappa shape index (κ2) is 5.52. The third-order valence-electron chi connectivity index (χ3n) is 5.93. The van der Waals surface area contributed by atoms with E-state index in [4.69, 9.17) is 11.6 Å². The molecule has 0 unspecified atom stereocenters. The SMILES string of the molecule is O=C(NNC(=O)C12CC3CC(CC(C3)C1)C2)c1ccccc1Cl. The summed E-state index contributed by atoms with van der Waals surface area (Å²) in [7, 11) is 0. The maximum atomic E-state index is 12.8. The first-order chi connectivity index (χ1) is 11.1. The van der Waals surface area contributed by atoms with Crippen LogP contribution >= 0.6 is 11.6 Å². The second-order valence-corrected chi connectivity index (χ2v) is 7.99. The van der Waals surface area contributed by atoms with Crippen LogP contribution in [0.5, 0.6) is 0 Å². The Morgan fingerprint density at radius 3 is 2.09 bits per heavy atom. The van der Waals surface area contributed by atoms with Gasteiger partial charge in [-0.2, -0.15) is 0 Å². The van der Waals surface area contributed by atoms with Gasteiger partial charge in [0.25, 0.3) is 5.91 Å². The minimum atomic E-state index is -0.367. The van der Waals surface area contributed by atoms with Crippen LogP contribution < -0.4 is 10.9 Å². The van der Waals surface area contributed by atoms with Gasteiger partial charge in [-0.05, 0) is 68.4 Å². The molecule has 122 valence electrons. The molecule has 5 rings (SSSR count). The summed E-state index contributed by atoms with van der Waals surface area (Å²) in [6, 6.07) is 6.83. The smallest absolute Gasteiger partial charge is 0.271 e. The standard InChI is InChI=1S/C18H21ClN2O2/c19-15-4-2-1-3-14(15)16(22)20-21-17(23)18-8-11-5-12(9-18)7-13(6-11)10-18/h1-4,11-13H,5-10H2,(H,20,22)(H,21,23). The van der Waals surface area contributed by atoms with Crippen LogP contribution in [0.25, 0.3) is 0 Å². The normalized spacial score (nSPS) is 34.2. The Hall–Kier alpha value is -1.55. The molecule has 0 saturated heterocycles. The van der Waals surface area contributed by atoms with Crippen LogP contribution in [0, 0.1) is 23.2 Å². The molecular weight excluding hydrogens is 312 g/mol. The van der Waals surface area contributed by atoms with Crippen LogP contribution in [0.2, 0.25) is 5.02 Å². The zero-order valence-corrected chi connectivity index (χ0v) is 13.7. The molecule has 0 radical (unpaired) electrons. The zero-order chi connectivity index (χ0) is 16.0. The average Bonchev–Trinajstić information content (AvgIpc) is 2.51. The number of amides is 2. The van der Waals surface area contributed by atoms with E-state index in [9.17, 15) is 9.59 Å². The molecule has 1 aromatic rings. The minimum absolute atomic E-state index is 0.0167. The van der Waals surface area contributed by atoms with E-state index in [1.54, 1.807) is 24.3 Å². The number of nitrogens with one attached hydrogen (secondary N) is 2. The molecule has 23 heavy (non-hydrogen) atoms. The van der Waals surface area contributed by atoms with Crippen molar-refractivity contribution < 1.29 is 9.59 Å². The van der Waals surface area contributed by atoms with Gasteiger partial charge in [-0.1, -0.05) is 23.7 Å². The molecule has 4 nitrogen and oxygen atoms in total. The molecule has 0 aliphatic heterocycles. The summed E-state index contributed by atoms with van der Waals surface area (Å²) in [4.78, 5) is 24.9. The Balaban J connectivity index is 1.43. The van der Waals surface area contributed by atoms with E-state index in [0.29, 0.717) is 28.3 Å². The van der Waals surface area contributed by atoms with Gasteiger partial charge in [0, 0.05) is 0 Å². The Labute approximate surface area is 140 Å². The van der Waals surface area contributed by atoms with Crippen molar-refractivity contribution in [1.82, 2.24) is 10.9 Å². The fraction of sp³-hybridized carbons (Fsp3) is 0.556. The van der Waals surface area contributed by atoms with Crippen molar-refractivity contribution in [1.29, 1.82) is 0 Å². The van der Waals surface area contributed by atoms with E-state index in [0.717, 1.165) is 19.3 Å². The van der Waals surface area contributed by atoms with Gasteiger partial charge >= 0.3 is 0 Å². The monoisotopic (exact) mass is 332 g/mol. The molecule has 0 aromatic heterocycles. The largest absolute Gasteiger partial charge is 0.273 e. The molecule has 1 aromatic carbocycles. The number of carbonyl (C=O) groups excluding carboxylic acids is 2. The fourth-order valence-corrected chi connectivity index (χ4v) is 5.57. The molecule has 4 saturated carbocycles.